The fourth-order valence-corrected chi connectivity index (χ4v) is 1.81. The van der Waals surface area contributed by atoms with E-state index in [0.29, 0.717) is 19.5 Å². The maximum absolute atomic E-state index is 9.84. The van der Waals surface area contributed by atoms with Gasteiger partial charge in [0.15, 0.2) is 0 Å². The molecular formula is C14H20N2O. The van der Waals surface area contributed by atoms with Crippen LogP contribution < -0.4 is 0 Å². The predicted octanol–water partition coefficient (Wildman–Crippen LogP) is 2.17. The summed E-state index contributed by atoms with van der Waals surface area (Å²) >= 11 is 0. The highest BCUT2D eigenvalue weighted by Gasteiger charge is 2.18. The molecule has 0 atom stereocenters. The van der Waals surface area contributed by atoms with Crippen molar-refractivity contribution in [3.63, 3.8) is 0 Å². The normalized spacial score (nSPS) is 11.5. The highest BCUT2D eigenvalue weighted by Crippen LogP contribution is 2.10. The van der Waals surface area contributed by atoms with Crippen LogP contribution in [0.2, 0.25) is 0 Å². The monoisotopic (exact) mass is 232 g/mol. The van der Waals surface area contributed by atoms with Crippen LogP contribution in [0.5, 0.6) is 0 Å². The van der Waals surface area contributed by atoms with E-state index in [2.05, 4.69) is 23.1 Å². The van der Waals surface area contributed by atoms with Gasteiger partial charge in [0.1, 0.15) is 0 Å². The summed E-state index contributed by atoms with van der Waals surface area (Å²) in [6, 6.07) is 12.3. The summed E-state index contributed by atoms with van der Waals surface area (Å²) < 4.78 is 0. The van der Waals surface area contributed by atoms with Crippen LogP contribution >= 0.6 is 0 Å². The molecule has 0 radical (unpaired) electrons. The summed E-state index contributed by atoms with van der Waals surface area (Å²) in [6.07, 6.45) is 0.489. The third-order valence-electron chi connectivity index (χ3n) is 2.40. The summed E-state index contributed by atoms with van der Waals surface area (Å²) in [5.74, 6) is 0. The average Bonchev–Trinajstić information content (AvgIpc) is 2.25. The lowest BCUT2D eigenvalue weighted by atomic mass is 10.1. The quantitative estimate of drug-likeness (QED) is 0.817. The van der Waals surface area contributed by atoms with Gasteiger partial charge >= 0.3 is 0 Å². The molecule has 0 aliphatic carbocycles. The zero-order chi connectivity index (χ0) is 12.7. The van der Waals surface area contributed by atoms with Crippen molar-refractivity contribution >= 4 is 0 Å². The molecule has 0 saturated carbocycles. The largest absolute Gasteiger partial charge is 0.389 e. The minimum Gasteiger partial charge on any atom is -0.389 e. The third kappa shape index (κ3) is 6.06. The van der Waals surface area contributed by atoms with Crippen molar-refractivity contribution in [2.45, 2.75) is 32.4 Å². The Morgan fingerprint density at radius 1 is 1.29 bits per heavy atom. The van der Waals surface area contributed by atoms with Gasteiger partial charge in [0.05, 0.1) is 11.7 Å². The SMILES string of the molecule is CC(C)(O)CN(CCC#N)Cc1ccccc1. The summed E-state index contributed by atoms with van der Waals surface area (Å²) in [7, 11) is 0. The van der Waals surface area contributed by atoms with Crippen LogP contribution in [0.25, 0.3) is 0 Å². The molecule has 0 amide bonds. The average molecular weight is 232 g/mol. The van der Waals surface area contributed by atoms with Gasteiger partial charge in [-0.1, -0.05) is 30.3 Å². The van der Waals surface area contributed by atoms with Gasteiger partial charge in [0, 0.05) is 26.1 Å². The van der Waals surface area contributed by atoms with Gasteiger partial charge in [-0.05, 0) is 19.4 Å². The number of hydrogen-bond donors (Lipinski definition) is 1. The van der Waals surface area contributed by atoms with Gasteiger partial charge in [-0.15, -0.1) is 0 Å². The van der Waals surface area contributed by atoms with Gasteiger partial charge in [0.2, 0.25) is 0 Å². The van der Waals surface area contributed by atoms with Crippen LogP contribution in [0, 0.1) is 11.3 Å². The Bertz CT molecular complexity index is 362. The molecule has 92 valence electrons. The molecule has 0 fully saturated rings. The molecule has 1 aromatic carbocycles. The molecule has 0 saturated heterocycles. The minimum atomic E-state index is -0.732. The van der Waals surface area contributed by atoms with Gasteiger partial charge in [0.25, 0.3) is 0 Å². The molecule has 1 N–H and O–H groups in total. The molecular weight excluding hydrogens is 212 g/mol. The molecule has 0 spiro atoms. The second-order valence-corrected chi connectivity index (χ2v) is 4.92. The van der Waals surface area contributed by atoms with Crippen LogP contribution in [-0.2, 0) is 6.54 Å². The second kappa shape index (κ2) is 6.39. The maximum Gasteiger partial charge on any atom is 0.0718 e. The van der Waals surface area contributed by atoms with E-state index in [9.17, 15) is 5.11 Å². The van der Waals surface area contributed by atoms with E-state index in [-0.39, 0.29) is 0 Å². The number of rotatable bonds is 6. The highest BCUT2D eigenvalue weighted by atomic mass is 16.3. The first-order chi connectivity index (χ1) is 8.01. The van der Waals surface area contributed by atoms with Gasteiger partial charge in [-0.3, -0.25) is 4.90 Å². The first-order valence-electron chi connectivity index (χ1n) is 5.87. The lowest BCUT2D eigenvalue weighted by molar-refractivity contribution is 0.0342. The Labute approximate surface area is 103 Å². The van der Waals surface area contributed by atoms with Crippen molar-refractivity contribution in [2.24, 2.45) is 0 Å². The lowest BCUT2D eigenvalue weighted by Crippen LogP contribution is -2.38. The summed E-state index contributed by atoms with van der Waals surface area (Å²) in [5, 5.41) is 18.5. The fourth-order valence-electron chi connectivity index (χ4n) is 1.81. The minimum absolute atomic E-state index is 0.489. The van der Waals surface area contributed by atoms with Crippen molar-refractivity contribution in [2.75, 3.05) is 13.1 Å². The van der Waals surface area contributed by atoms with Crippen molar-refractivity contribution in [1.82, 2.24) is 4.90 Å². The number of hydrogen-bond acceptors (Lipinski definition) is 3. The van der Waals surface area contributed by atoms with Crippen LogP contribution in [0.1, 0.15) is 25.8 Å². The van der Waals surface area contributed by atoms with E-state index in [1.54, 1.807) is 13.8 Å². The number of benzene rings is 1. The molecule has 3 nitrogen and oxygen atoms in total. The van der Waals surface area contributed by atoms with Crippen molar-refractivity contribution in [3.8, 4) is 6.07 Å². The zero-order valence-corrected chi connectivity index (χ0v) is 10.6. The Hall–Kier alpha value is -1.37. The van der Waals surface area contributed by atoms with Crippen LogP contribution in [0.15, 0.2) is 30.3 Å². The summed E-state index contributed by atoms with van der Waals surface area (Å²) in [6.45, 7) is 5.61. The smallest absolute Gasteiger partial charge is 0.0718 e. The van der Waals surface area contributed by atoms with E-state index in [1.807, 2.05) is 18.2 Å². The van der Waals surface area contributed by atoms with Crippen molar-refractivity contribution < 1.29 is 5.11 Å². The summed E-state index contributed by atoms with van der Waals surface area (Å²) in [5.41, 5.74) is 0.472. The van der Waals surface area contributed by atoms with Crippen LogP contribution in [-0.4, -0.2) is 28.7 Å². The second-order valence-electron chi connectivity index (χ2n) is 4.92. The van der Waals surface area contributed by atoms with Crippen LogP contribution in [0.3, 0.4) is 0 Å². The first kappa shape index (κ1) is 13.7. The molecule has 0 aromatic heterocycles. The van der Waals surface area contributed by atoms with Gasteiger partial charge in [-0.2, -0.15) is 5.26 Å². The standard InChI is InChI=1S/C14H20N2O/c1-14(2,17)12-16(10-6-9-15)11-13-7-4-3-5-8-13/h3-5,7-8,17H,6,10-12H2,1-2H3. The predicted molar refractivity (Wildman–Crippen MR) is 68.2 cm³/mol. The Kier molecular flexibility index (Phi) is 5.14. The fraction of sp³-hybridized carbons (Fsp3) is 0.500. The first-order valence-corrected chi connectivity index (χ1v) is 5.87. The number of nitriles is 1. The van der Waals surface area contributed by atoms with E-state index in [4.69, 9.17) is 5.26 Å². The Balaban J connectivity index is 2.61. The zero-order valence-electron chi connectivity index (χ0n) is 10.6. The molecule has 0 aliphatic heterocycles. The molecule has 0 unspecified atom stereocenters. The van der Waals surface area contributed by atoms with Gasteiger partial charge in [-0.25, -0.2) is 0 Å². The topological polar surface area (TPSA) is 47.3 Å². The Morgan fingerprint density at radius 3 is 2.47 bits per heavy atom. The van der Waals surface area contributed by atoms with Crippen LogP contribution in [0.4, 0.5) is 0 Å². The van der Waals surface area contributed by atoms with E-state index in [1.165, 1.54) is 5.56 Å². The Morgan fingerprint density at radius 2 is 1.94 bits per heavy atom. The van der Waals surface area contributed by atoms with Crippen molar-refractivity contribution in [1.29, 1.82) is 5.26 Å². The van der Waals surface area contributed by atoms with E-state index in [0.717, 1.165) is 6.54 Å². The molecule has 1 aromatic rings. The molecule has 0 bridgehead atoms. The summed E-state index contributed by atoms with van der Waals surface area (Å²) in [4.78, 5) is 2.11. The van der Waals surface area contributed by atoms with Crippen molar-refractivity contribution in [3.05, 3.63) is 35.9 Å². The van der Waals surface area contributed by atoms with E-state index >= 15 is 0 Å². The van der Waals surface area contributed by atoms with Gasteiger partial charge < -0.3 is 5.11 Å². The van der Waals surface area contributed by atoms with E-state index < -0.39 is 5.60 Å². The maximum atomic E-state index is 9.84. The molecule has 17 heavy (non-hydrogen) atoms. The lowest BCUT2D eigenvalue weighted by Gasteiger charge is -2.28. The highest BCUT2D eigenvalue weighted by molar-refractivity contribution is 5.14. The number of nitrogens with zero attached hydrogens (tertiary/aromatic N) is 2. The molecule has 0 aliphatic rings. The number of aliphatic hydroxyl groups is 1. The molecule has 1 rings (SSSR count). The third-order valence-corrected chi connectivity index (χ3v) is 2.40. The molecule has 0 heterocycles. The molecule has 3 heteroatoms.